The number of hydrogen-bond acceptors (Lipinski definition) is 2. The Morgan fingerprint density at radius 2 is 1.95 bits per heavy atom. The van der Waals surface area contributed by atoms with Crippen molar-refractivity contribution >= 4 is 12.2 Å². The van der Waals surface area contributed by atoms with Crippen molar-refractivity contribution in [3.05, 3.63) is 59.4 Å². The molecule has 108 valence electrons. The molecule has 0 bridgehead atoms. The van der Waals surface area contributed by atoms with Gasteiger partial charge in [-0.3, -0.25) is 9.59 Å². The van der Waals surface area contributed by atoms with E-state index < -0.39 is 0 Å². The minimum Gasteiger partial charge on any atom is -0.345 e. The summed E-state index contributed by atoms with van der Waals surface area (Å²) >= 11 is 0. The molecule has 0 atom stereocenters. The first-order chi connectivity index (χ1) is 10.3. The lowest BCUT2D eigenvalue weighted by Gasteiger charge is -2.29. The number of carbonyl (C=O) groups is 2. The number of carbonyl (C=O) groups excluding carboxylic acids is 2. The minimum absolute atomic E-state index is 0.148. The van der Waals surface area contributed by atoms with Crippen LogP contribution < -0.4 is 0 Å². The maximum absolute atomic E-state index is 12.3. The molecule has 1 amide bonds. The van der Waals surface area contributed by atoms with E-state index >= 15 is 0 Å². The minimum atomic E-state index is 0.148. The predicted molar refractivity (Wildman–Crippen MR) is 80.0 cm³/mol. The van der Waals surface area contributed by atoms with E-state index in [0.717, 1.165) is 19.3 Å². The van der Waals surface area contributed by atoms with E-state index in [9.17, 15) is 9.59 Å². The van der Waals surface area contributed by atoms with Gasteiger partial charge in [-0.2, -0.15) is 0 Å². The highest BCUT2D eigenvalue weighted by Gasteiger charge is 2.20. The zero-order valence-electron chi connectivity index (χ0n) is 11.9. The van der Waals surface area contributed by atoms with Crippen LogP contribution in [0.15, 0.2) is 42.6 Å². The summed E-state index contributed by atoms with van der Waals surface area (Å²) in [5.74, 6) is 0.148. The van der Waals surface area contributed by atoms with Crippen LogP contribution in [0.4, 0.5) is 0 Å². The van der Waals surface area contributed by atoms with Gasteiger partial charge in [-0.25, -0.2) is 0 Å². The molecule has 1 aromatic carbocycles. The number of aromatic nitrogens is 1. The van der Waals surface area contributed by atoms with Gasteiger partial charge >= 0.3 is 0 Å². The molecule has 0 saturated heterocycles. The maximum Gasteiger partial charge on any atom is 0.224 e. The third-order valence-electron chi connectivity index (χ3n) is 4.04. The third-order valence-corrected chi connectivity index (χ3v) is 4.04. The zero-order chi connectivity index (χ0) is 14.7. The topological polar surface area (TPSA) is 42.3 Å². The van der Waals surface area contributed by atoms with Crippen LogP contribution in [-0.4, -0.2) is 28.2 Å². The molecule has 4 nitrogen and oxygen atoms in total. The van der Waals surface area contributed by atoms with Crippen molar-refractivity contribution in [2.45, 2.75) is 25.9 Å². The summed E-state index contributed by atoms with van der Waals surface area (Å²) in [4.78, 5) is 25.1. The van der Waals surface area contributed by atoms with Crippen LogP contribution in [0.1, 0.15) is 28.0 Å². The van der Waals surface area contributed by atoms with Crippen molar-refractivity contribution in [2.24, 2.45) is 0 Å². The fourth-order valence-corrected chi connectivity index (χ4v) is 2.82. The molecule has 21 heavy (non-hydrogen) atoms. The number of fused-ring (bicyclic) bond motifs is 1. The second kappa shape index (κ2) is 5.95. The third kappa shape index (κ3) is 2.89. The van der Waals surface area contributed by atoms with E-state index in [1.807, 2.05) is 33.9 Å². The first-order valence-corrected chi connectivity index (χ1v) is 7.23. The van der Waals surface area contributed by atoms with Gasteiger partial charge in [-0.05, 0) is 29.7 Å². The van der Waals surface area contributed by atoms with Gasteiger partial charge in [0.15, 0.2) is 6.29 Å². The summed E-state index contributed by atoms with van der Waals surface area (Å²) < 4.78 is 1.82. The van der Waals surface area contributed by atoms with E-state index in [0.29, 0.717) is 25.2 Å². The number of rotatable bonds is 4. The maximum atomic E-state index is 12.3. The molecule has 4 heteroatoms. The van der Waals surface area contributed by atoms with Crippen LogP contribution >= 0.6 is 0 Å². The van der Waals surface area contributed by atoms with Gasteiger partial charge in [0.2, 0.25) is 5.91 Å². The summed E-state index contributed by atoms with van der Waals surface area (Å²) in [5.41, 5.74) is 3.20. The Morgan fingerprint density at radius 3 is 2.76 bits per heavy atom. The van der Waals surface area contributed by atoms with Crippen LogP contribution in [-0.2, 0) is 24.3 Å². The highest BCUT2D eigenvalue weighted by Crippen LogP contribution is 2.19. The monoisotopic (exact) mass is 282 g/mol. The van der Waals surface area contributed by atoms with Gasteiger partial charge in [-0.15, -0.1) is 0 Å². The second-order valence-electron chi connectivity index (χ2n) is 5.33. The Bertz CT molecular complexity index is 660. The second-order valence-corrected chi connectivity index (χ2v) is 5.33. The van der Waals surface area contributed by atoms with E-state index in [1.54, 1.807) is 6.07 Å². The van der Waals surface area contributed by atoms with E-state index in [4.69, 9.17) is 0 Å². The van der Waals surface area contributed by atoms with Crippen molar-refractivity contribution in [2.75, 3.05) is 6.54 Å². The SMILES string of the molecule is O=Cc1cccn1CCC(=O)N1CCc2ccccc2C1. The molecule has 0 unspecified atom stereocenters. The molecular formula is C17H18N2O2. The number of aldehydes is 1. The van der Waals surface area contributed by atoms with Gasteiger partial charge in [0.05, 0.1) is 5.69 Å². The first kappa shape index (κ1) is 13.6. The summed E-state index contributed by atoms with van der Waals surface area (Å²) in [5, 5.41) is 0. The molecule has 3 rings (SSSR count). The number of hydrogen-bond donors (Lipinski definition) is 0. The molecule has 0 saturated carbocycles. The molecule has 2 heterocycles. The predicted octanol–water partition coefficient (Wildman–Crippen LogP) is 2.28. The molecule has 0 aliphatic carbocycles. The Labute approximate surface area is 124 Å². The van der Waals surface area contributed by atoms with Gasteiger partial charge in [0.1, 0.15) is 0 Å². The lowest BCUT2D eigenvalue weighted by Crippen LogP contribution is -2.36. The van der Waals surface area contributed by atoms with Crippen molar-refractivity contribution < 1.29 is 9.59 Å². The molecule has 1 aromatic heterocycles. The molecular weight excluding hydrogens is 264 g/mol. The fourth-order valence-electron chi connectivity index (χ4n) is 2.82. The van der Waals surface area contributed by atoms with Crippen LogP contribution in [0.5, 0.6) is 0 Å². The van der Waals surface area contributed by atoms with Gasteiger partial charge in [-0.1, -0.05) is 24.3 Å². The van der Waals surface area contributed by atoms with E-state index in [1.165, 1.54) is 11.1 Å². The molecule has 0 fully saturated rings. The lowest BCUT2D eigenvalue weighted by atomic mass is 10.00. The van der Waals surface area contributed by atoms with Crippen LogP contribution in [0.25, 0.3) is 0 Å². The standard InChI is InChI=1S/C17H18N2O2/c20-13-16-6-3-9-18(16)11-8-17(21)19-10-7-14-4-1-2-5-15(14)12-19/h1-6,9,13H,7-8,10-12H2. The lowest BCUT2D eigenvalue weighted by molar-refractivity contribution is -0.132. The number of nitrogens with zero attached hydrogens (tertiary/aromatic N) is 2. The molecule has 0 radical (unpaired) electrons. The zero-order valence-corrected chi connectivity index (χ0v) is 11.9. The van der Waals surface area contributed by atoms with E-state index in [2.05, 4.69) is 12.1 Å². The van der Waals surface area contributed by atoms with E-state index in [-0.39, 0.29) is 5.91 Å². The summed E-state index contributed by atoms with van der Waals surface area (Å²) in [6, 6.07) is 11.9. The van der Waals surface area contributed by atoms with Crippen molar-refractivity contribution in [1.82, 2.24) is 9.47 Å². The summed E-state index contributed by atoms with van der Waals surface area (Å²) in [6.07, 6.45) is 4.01. The normalized spacial score (nSPS) is 13.8. The van der Waals surface area contributed by atoms with Crippen LogP contribution in [0.2, 0.25) is 0 Å². The highest BCUT2D eigenvalue weighted by molar-refractivity contribution is 5.77. The summed E-state index contributed by atoms with van der Waals surface area (Å²) in [6.45, 7) is 2.03. The summed E-state index contributed by atoms with van der Waals surface area (Å²) in [7, 11) is 0. The Morgan fingerprint density at radius 1 is 1.14 bits per heavy atom. The highest BCUT2D eigenvalue weighted by atomic mass is 16.2. The smallest absolute Gasteiger partial charge is 0.224 e. The number of benzene rings is 1. The number of aryl methyl sites for hydroxylation is 1. The van der Waals surface area contributed by atoms with Gasteiger partial charge in [0.25, 0.3) is 0 Å². The Kier molecular flexibility index (Phi) is 3.86. The quantitative estimate of drug-likeness (QED) is 0.807. The molecule has 2 aromatic rings. The van der Waals surface area contributed by atoms with Crippen molar-refractivity contribution in [3.8, 4) is 0 Å². The van der Waals surface area contributed by atoms with Gasteiger partial charge in [0, 0.05) is 32.3 Å². The van der Waals surface area contributed by atoms with Crippen molar-refractivity contribution in [1.29, 1.82) is 0 Å². The molecule has 0 spiro atoms. The molecule has 1 aliphatic rings. The fraction of sp³-hybridized carbons (Fsp3) is 0.294. The largest absolute Gasteiger partial charge is 0.345 e. The molecule has 1 aliphatic heterocycles. The van der Waals surface area contributed by atoms with Gasteiger partial charge < -0.3 is 9.47 Å². The molecule has 0 N–H and O–H groups in total. The van der Waals surface area contributed by atoms with Crippen molar-refractivity contribution in [3.63, 3.8) is 0 Å². The Hall–Kier alpha value is -2.36. The average molecular weight is 282 g/mol. The average Bonchev–Trinajstić information content (AvgIpc) is 2.99. The van der Waals surface area contributed by atoms with Crippen LogP contribution in [0, 0.1) is 0 Å². The van der Waals surface area contributed by atoms with Crippen LogP contribution in [0.3, 0.4) is 0 Å². The number of amides is 1. The first-order valence-electron chi connectivity index (χ1n) is 7.23. The Balaban J connectivity index is 1.61.